The van der Waals surface area contributed by atoms with Crippen LogP contribution >= 0.6 is 11.6 Å². The summed E-state index contributed by atoms with van der Waals surface area (Å²) in [6, 6.07) is 5.12. The van der Waals surface area contributed by atoms with Crippen molar-refractivity contribution in [2.75, 3.05) is 5.32 Å². The Labute approximate surface area is 154 Å². The lowest BCUT2D eigenvalue weighted by molar-refractivity contribution is -0.136. The maximum Gasteiger partial charge on any atom is 0.329 e. The average molecular weight is 364 g/mol. The number of halogens is 1. The van der Waals surface area contributed by atoms with Crippen LogP contribution in [0.5, 0.6) is 0 Å². The number of nitrogens with one attached hydrogen (secondary N) is 2. The fraction of sp³-hybridized carbons (Fsp3) is 0.526. The second kappa shape index (κ2) is 8.00. The molecule has 2 rings (SSSR count). The fourth-order valence-electron chi connectivity index (χ4n) is 3.02. The highest BCUT2D eigenvalue weighted by Crippen LogP contribution is 2.36. The van der Waals surface area contributed by atoms with Crippen LogP contribution in [0.25, 0.3) is 0 Å². The molecular formula is C19H26ClN3O2. The number of carbonyl (C=O) groups excluding carboxylic acids is 2. The van der Waals surface area contributed by atoms with Crippen LogP contribution in [0.15, 0.2) is 23.3 Å². The first-order chi connectivity index (χ1) is 11.7. The van der Waals surface area contributed by atoms with Crippen molar-refractivity contribution >= 4 is 34.8 Å². The molecule has 25 heavy (non-hydrogen) atoms. The van der Waals surface area contributed by atoms with Gasteiger partial charge in [-0.3, -0.25) is 9.59 Å². The van der Waals surface area contributed by atoms with Crippen LogP contribution in [0.2, 0.25) is 5.02 Å². The van der Waals surface area contributed by atoms with Crippen molar-refractivity contribution in [3.05, 3.63) is 28.8 Å². The van der Waals surface area contributed by atoms with E-state index in [1.807, 2.05) is 6.92 Å². The standard InChI is InChI=1S/C19H26ClN3O2/c1-12-5-8-14(20)11-16(12)21-17(24)18(25)23-22-15-9-6-13(7-10-15)19(2,3)4/h5,8,11,13H,6-7,9-10H2,1-4H3,(H,21,24)(H,23,25). The van der Waals surface area contributed by atoms with Gasteiger partial charge in [0.1, 0.15) is 0 Å². The summed E-state index contributed by atoms with van der Waals surface area (Å²) in [5.41, 5.74) is 4.95. The first-order valence-corrected chi connectivity index (χ1v) is 8.97. The normalized spacial score (nSPS) is 17.8. The van der Waals surface area contributed by atoms with E-state index in [0.29, 0.717) is 22.0 Å². The molecule has 0 saturated heterocycles. The summed E-state index contributed by atoms with van der Waals surface area (Å²) >= 11 is 5.91. The van der Waals surface area contributed by atoms with E-state index in [1.54, 1.807) is 18.2 Å². The molecule has 0 spiro atoms. The first-order valence-electron chi connectivity index (χ1n) is 8.59. The second-order valence-electron chi connectivity index (χ2n) is 7.67. The molecule has 1 aliphatic carbocycles. The molecule has 0 heterocycles. The van der Waals surface area contributed by atoms with Crippen molar-refractivity contribution in [1.82, 2.24) is 5.43 Å². The minimum atomic E-state index is -0.773. The van der Waals surface area contributed by atoms with E-state index in [9.17, 15) is 9.59 Å². The van der Waals surface area contributed by atoms with Crippen LogP contribution in [0.4, 0.5) is 5.69 Å². The third-order valence-corrected chi connectivity index (χ3v) is 4.99. The molecule has 0 aromatic heterocycles. The molecule has 1 aromatic rings. The summed E-state index contributed by atoms with van der Waals surface area (Å²) in [4.78, 5) is 23.9. The van der Waals surface area contributed by atoms with Crippen LogP contribution < -0.4 is 10.7 Å². The zero-order valence-electron chi connectivity index (χ0n) is 15.3. The van der Waals surface area contributed by atoms with Crippen molar-refractivity contribution in [1.29, 1.82) is 0 Å². The van der Waals surface area contributed by atoms with E-state index in [4.69, 9.17) is 11.6 Å². The summed E-state index contributed by atoms with van der Waals surface area (Å²) in [6.07, 6.45) is 3.84. The summed E-state index contributed by atoms with van der Waals surface area (Å²) in [5.74, 6) is -0.862. The molecule has 0 bridgehead atoms. The van der Waals surface area contributed by atoms with Crippen LogP contribution in [-0.4, -0.2) is 17.5 Å². The molecule has 1 fully saturated rings. The summed E-state index contributed by atoms with van der Waals surface area (Å²) in [6.45, 7) is 8.59. The Kier molecular flexibility index (Phi) is 6.22. The minimum absolute atomic E-state index is 0.295. The molecule has 5 nitrogen and oxygen atoms in total. The van der Waals surface area contributed by atoms with Crippen molar-refractivity contribution in [3.63, 3.8) is 0 Å². The first kappa shape index (κ1) is 19.4. The summed E-state index contributed by atoms with van der Waals surface area (Å²) in [7, 11) is 0. The highest BCUT2D eigenvalue weighted by Gasteiger charge is 2.28. The highest BCUT2D eigenvalue weighted by atomic mass is 35.5. The van der Waals surface area contributed by atoms with Crippen LogP contribution in [-0.2, 0) is 9.59 Å². The third kappa shape index (κ3) is 5.56. The molecular weight excluding hydrogens is 338 g/mol. The Balaban J connectivity index is 1.88. The number of hydrogen-bond donors (Lipinski definition) is 2. The Morgan fingerprint density at radius 1 is 1.16 bits per heavy atom. The zero-order valence-corrected chi connectivity index (χ0v) is 16.0. The predicted octanol–water partition coefficient (Wildman–Crippen LogP) is 4.30. The number of rotatable bonds is 2. The predicted molar refractivity (Wildman–Crippen MR) is 102 cm³/mol. The number of benzene rings is 1. The van der Waals surface area contributed by atoms with Gasteiger partial charge in [-0.2, -0.15) is 5.10 Å². The maximum absolute atomic E-state index is 12.0. The van der Waals surface area contributed by atoms with Gasteiger partial charge < -0.3 is 5.32 Å². The molecule has 0 aliphatic heterocycles. The van der Waals surface area contributed by atoms with Gasteiger partial charge in [0.05, 0.1) is 0 Å². The Morgan fingerprint density at radius 2 is 1.80 bits per heavy atom. The van der Waals surface area contributed by atoms with Gasteiger partial charge in [0.25, 0.3) is 0 Å². The number of aryl methyl sites for hydroxylation is 1. The number of anilines is 1. The number of hydrogen-bond acceptors (Lipinski definition) is 3. The molecule has 0 radical (unpaired) electrons. The van der Waals surface area contributed by atoms with Crippen molar-refractivity contribution in [2.24, 2.45) is 16.4 Å². The number of hydrazone groups is 1. The van der Waals surface area contributed by atoms with E-state index >= 15 is 0 Å². The minimum Gasteiger partial charge on any atom is -0.317 e. The second-order valence-corrected chi connectivity index (χ2v) is 8.11. The van der Waals surface area contributed by atoms with Crippen LogP contribution in [0.3, 0.4) is 0 Å². The van der Waals surface area contributed by atoms with Crippen molar-refractivity contribution in [3.8, 4) is 0 Å². The van der Waals surface area contributed by atoms with Gasteiger partial charge in [0, 0.05) is 16.4 Å². The SMILES string of the molecule is Cc1ccc(Cl)cc1NC(=O)C(=O)NN=C1CCC(C(C)(C)C)CC1. The van der Waals surface area contributed by atoms with Gasteiger partial charge in [-0.1, -0.05) is 38.4 Å². The van der Waals surface area contributed by atoms with E-state index < -0.39 is 11.8 Å². The Morgan fingerprint density at radius 3 is 2.40 bits per heavy atom. The molecule has 2 amide bonds. The highest BCUT2D eigenvalue weighted by molar-refractivity contribution is 6.40. The molecule has 1 aliphatic rings. The molecule has 1 aromatic carbocycles. The molecule has 2 N–H and O–H groups in total. The van der Waals surface area contributed by atoms with E-state index in [0.717, 1.165) is 37.0 Å². The van der Waals surface area contributed by atoms with Gasteiger partial charge >= 0.3 is 11.8 Å². The average Bonchev–Trinajstić information content (AvgIpc) is 2.55. The summed E-state index contributed by atoms with van der Waals surface area (Å²) in [5, 5.41) is 7.19. The molecule has 0 atom stereocenters. The van der Waals surface area contributed by atoms with Crippen molar-refractivity contribution in [2.45, 2.75) is 53.4 Å². The molecule has 0 unspecified atom stereocenters. The van der Waals surface area contributed by atoms with E-state index in [1.165, 1.54) is 0 Å². The lowest BCUT2D eigenvalue weighted by atomic mass is 9.72. The lowest BCUT2D eigenvalue weighted by Crippen LogP contribution is -2.34. The smallest absolute Gasteiger partial charge is 0.317 e. The number of nitrogens with zero attached hydrogens (tertiary/aromatic N) is 1. The molecule has 136 valence electrons. The van der Waals surface area contributed by atoms with Gasteiger partial charge in [-0.05, 0) is 61.6 Å². The largest absolute Gasteiger partial charge is 0.329 e. The van der Waals surface area contributed by atoms with Crippen LogP contribution in [0.1, 0.15) is 52.0 Å². The topological polar surface area (TPSA) is 70.6 Å². The van der Waals surface area contributed by atoms with Gasteiger partial charge in [0.2, 0.25) is 0 Å². The Hall–Kier alpha value is -1.88. The van der Waals surface area contributed by atoms with Crippen molar-refractivity contribution < 1.29 is 9.59 Å². The quantitative estimate of drug-likeness (QED) is 0.607. The number of carbonyl (C=O) groups is 2. The van der Waals surface area contributed by atoms with Crippen LogP contribution in [0, 0.1) is 18.3 Å². The van der Waals surface area contributed by atoms with E-state index in [2.05, 4.69) is 36.6 Å². The third-order valence-electron chi connectivity index (χ3n) is 4.76. The number of amides is 2. The van der Waals surface area contributed by atoms with Gasteiger partial charge in [-0.25, -0.2) is 5.43 Å². The summed E-state index contributed by atoms with van der Waals surface area (Å²) < 4.78 is 0. The monoisotopic (exact) mass is 363 g/mol. The lowest BCUT2D eigenvalue weighted by Gasteiger charge is -2.34. The van der Waals surface area contributed by atoms with Gasteiger partial charge in [-0.15, -0.1) is 0 Å². The molecule has 6 heteroatoms. The van der Waals surface area contributed by atoms with E-state index in [-0.39, 0.29) is 0 Å². The maximum atomic E-state index is 12.0. The van der Waals surface area contributed by atoms with Gasteiger partial charge in [0.15, 0.2) is 0 Å². The molecule has 1 saturated carbocycles. The zero-order chi connectivity index (χ0) is 18.6. The Bertz CT molecular complexity index is 682. The fourth-order valence-corrected chi connectivity index (χ4v) is 3.19.